The fraction of sp³-hybridized carbons (Fsp3) is 0.625. The zero-order chi connectivity index (χ0) is 15.3. The van der Waals surface area contributed by atoms with E-state index in [9.17, 15) is 0 Å². The van der Waals surface area contributed by atoms with Gasteiger partial charge >= 0.3 is 0 Å². The van der Waals surface area contributed by atoms with Crippen molar-refractivity contribution in [3.8, 4) is 5.75 Å². The fourth-order valence-corrected chi connectivity index (χ4v) is 3.13. The van der Waals surface area contributed by atoms with Gasteiger partial charge in [-0.25, -0.2) is 0 Å². The molecule has 0 bridgehead atoms. The molecule has 1 N–H and O–H groups in total. The Kier molecular flexibility index (Phi) is 7.02. The number of nitrogens with one attached hydrogen (secondary N) is 1. The lowest BCUT2D eigenvalue weighted by atomic mass is 10.1. The van der Waals surface area contributed by atoms with Crippen LogP contribution in [0.4, 0.5) is 0 Å². The highest BCUT2D eigenvalue weighted by molar-refractivity contribution is 9.11. The van der Waals surface area contributed by atoms with E-state index in [1.54, 1.807) is 0 Å². The summed E-state index contributed by atoms with van der Waals surface area (Å²) in [7, 11) is 0. The second-order valence-corrected chi connectivity index (χ2v) is 8.23. The number of halogens is 2. The van der Waals surface area contributed by atoms with E-state index in [-0.39, 0.29) is 5.54 Å². The molecule has 0 atom stereocenters. The molecule has 0 spiro atoms. The van der Waals surface area contributed by atoms with Gasteiger partial charge in [0.15, 0.2) is 0 Å². The van der Waals surface area contributed by atoms with E-state index in [4.69, 9.17) is 4.74 Å². The Morgan fingerprint density at radius 1 is 1.15 bits per heavy atom. The molecule has 0 aromatic heterocycles. The minimum absolute atomic E-state index is 0.116. The third-order valence-electron chi connectivity index (χ3n) is 2.82. The topological polar surface area (TPSA) is 21.3 Å². The molecule has 0 heterocycles. The fourth-order valence-electron chi connectivity index (χ4n) is 1.62. The lowest BCUT2D eigenvalue weighted by Gasteiger charge is -2.21. The number of hydrogen-bond donors (Lipinski definition) is 1. The van der Waals surface area contributed by atoms with Gasteiger partial charge in [0, 0.05) is 12.1 Å². The molecule has 114 valence electrons. The van der Waals surface area contributed by atoms with Crippen molar-refractivity contribution in [1.29, 1.82) is 0 Å². The van der Waals surface area contributed by atoms with Gasteiger partial charge in [0.2, 0.25) is 0 Å². The minimum atomic E-state index is 0.116. The molecule has 0 aliphatic carbocycles. The summed E-state index contributed by atoms with van der Waals surface area (Å²) < 4.78 is 7.87. The molecule has 0 fully saturated rings. The van der Waals surface area contributed by atoms with Gasteiger partial charge in [0.25, 0.3) is 0 Å². The van der Waals surface area contributed by atoms with Crippen molar-refractivity contribution in [2.24, 2.45) is 5.92 Å². The van der Waals surface area contributed by atoms with Gasteiger partial charge in [-0.15, -0.1) is 0 Å². The molecule has 1 aromatic carbocycles. The van der Waals surface area contributed by atoms with Crippen molar-refractivity contribution in [2.75, 3.05) is 6.61 Å². The number of hydrogen-bond acceptors (Lipinski definition) is 2. The van der Waals surface area contributed by atoms with Crippen LogP contribution in [0.3, 0.4) is 0 Å². The number of ether oxygens (including phenoxy) is 1. The minimum Gasteiger partial charge on any atom is -0.491 e. The van der Waals surface area contributed by atoms with Gasteiger partial charge in [0.05, 0.1) is 15.6 Å². The quantitative estimate of drug-likeness (QED) is 0.670. The SMILES string of the molecule is CC(C)CCOc1c(Br)cc(CNC(C)(C)C)cc1Br. The predicted molar refractivity (Wildman–Crippen MR) is 93.4 cm³/mol. The Morgan fingerprint density at radius 3 is 2.15 bits per heavy atom. The number of benzene rings is 1. The van der Waals surface area contributed by atoms with E-state index in [1.165, 1.54) is 5.56 Å². The zero-order valence-electron chi connectivity index (χ0n) is 13.0. The first-order valence-corrected chi connectivity index (χ1v) is 8.63. The van der Waals surface area contributed by atoms with Crippen LogP contribution in [0.25, 0.3) is 0 Å². The summed E-state index contributed by atoms with van der Waals surface area (Å²) >= 11 is 7.21. The third kappa shape index (κ3) is 6.59. The van der Waals surface area contributed by atoms with Crippen molar-refractivity contribution in [1.82, 2.24) is 5.32 Å². The average molecular weight is 407 g/mol. The highest BCUT2D eigenvalue weighted by Gasteiger charge is 2.12. The van der Waals surface area contributed by atoms with Crippen LogP contribution in [0.2, 0.25) is 0 Å². The normalized spacial score (nSPS) is 12.0. The van der Waals surface area contributed by atoms with Crippen molar-refractivity contribution in [3.05, 3.63) is 26.6 Å². The van der Waals surface area contributed by atoms with Gasteiger partial charge in [0.1, 0.15) is 5.75 Å². The van der Waals surface area contributed by atoms with E-state index in [2.05, 4.69) is 83.9 Å². The van der Waals surface area contributed by atoms with E-state index < -0.39 is 0 Å². The van der Waals surface area contributed by atoms with E-state index in [1.807, 2.05) is 0 Å². The molecule has 0 radical (unpaired) electrons. The maximum absolute atomic E-state index is 5.86. The summed E-state index contributed by atoms with van der Waals surface area (Å²) in [5.74, 6) is 1.55. The monoisotopic (exact) mass is 405 g/mol. The molecule has 0 aliphatic rings. The van der Waals surface area contributed by atoms with Crippen molar-refractivity contribution < 1.29 is 4.74 Å². The molecule has 0 amide bonds. The smallest absolute Gasteiger partial charge is 0.147 e. The van der Waals surface area contributed by atoms with Gasteiger partial charge in [-0.2, -0.15) is 0 Å². The summed E-state index contributed by atoms with van der Waals surface area (Å²) in [5, 5.41) is 3.49. The summed E-state index contributed by atoms with van der Waals surface area (Å²) in [4.78, 5) is 0. The van der Waals surface area contributed by atoms with Gasteiger partial charge < -0.3 is 10.1 Å². The van der Waals surface area contributed by atoms with Gasteiger partial charge in [-0.3, -0.25) is 0 Å². The molecule has 0 unspecified atom stereocenters. The molecule has 4 heteroatoms. The molecule has 1 aromatic rings. The first-order chi connectivity index (χ1) is 9.19. The molecular formula is C16H25Br2NO. The predicted octanol–water partition coefficient (Wildman–Crippen LogP) is 5.52. The highest BCUT2D eigenvalue weighted by atomic mass is 79.9. The zero-order valence-corrected chi connectivity index (χ0v) is 16.2. The van der Waals surface area contributed by atoms with Gasteiger partial charge in [-0.05, 0) is 82.7 Å². The molecular weight excluding hydrogens is 382 g/mol. The van der Waals surface area contributed by atoms with Crippen molar-refractivity contribution in [2.45, 2.75) is 53.1 Å². The summed E-state index contributed by atoms with van der Waals surface area (Å²) in [5.41, 5.74) is 1.35. The van der Waals surface area contributed by atoms with E-state index in [0.29, 0.717) is 5.92 Å². The maximum atomic E-state index is 5.86. The van der Waals surface area contributed by atoms with Crippen molar-refractivity contribution in [3.63, 3.8) is 0 Å². The molecule has 0 aliphatic heterocycles. The van der Waals surface area contributed by atoms with Crippen LogP contribution >= 0.6 is 31.9 Å². The molecule has 0 saturated carbocycles. The van der Waals surface area contributed by atoms with Gasteiger partial charge in [-0.1, -0.05) is 13.8 Å². The largest absolute Gasteiger partial charge is 0.491 e. The van der Waals surface area contributed by atoms with Crippen LogP contribution in [-0.2, 0) is 6.54 Å². The molecule has 1 rings (SSSR count). The van der Waals surface area contributed by atoms with Crippen LogP contribution < -0.4 is 10.1 Å². The van der Waals surface area contributed by atoms with Crippen LogP contribution in [0.1, 0.15) is 46.6 Å². The maximum Gasteiger partial charge on any atom is 0.147 e. The third-order valence-corrected chi connectivity index (χ3v) is 4.00. The molecule has 2 nitrogen and oxygen atoms in total. The first-order valence-electron chi connectivity index (χ1n) is 7.05. The Morgan fingerprint density at radius 2 is 1.70 bits per heavy atom. The lowest BCUT2D eigenvalue weighted by molar-refractivity contribution is 0.286. The van der Waals surface area contributed by atoms with Crippen LogP contribution in [0.15, 0.2) is 21.1 Å². The second kappa shape index (κ2) is 7.81. The Bertz CT molecular complexity index is 416. The first kappa shape index (κ1) is 18.0. The Labute approximate surface area is 139 Å². The molecule has 0 saturated heterocycles. The summed E-state index contributed by atoms with van der Waals surface area (Å²) in [6.45, 7) is 12.5. The summed E-state index contributed by atoms with van der Waals surface area (Å²) in [6.07, 6.45) is 1.06. The summed E-state index contributed by atoms with van der Waals surface area (Å²) in [6, 6.07) is 4.24. The van der Waals surface area contributed by atoms with E-state index in [0.717, 1.165) is 34.3 Å². The van der Waals surface area contributed by atoms with Crippen molar-refractivity contribution >= 4 is 31.9 Å². The Balaban J connectivity index is 2.71. The molecule has 20 heavy (non-hydrogen) atoms. The van der Waals surface area contributed by atoms with Crippen LogP contribution in [-0.4, -0.2) is 12.1 Å². The Hall–Kier alpha value is -0.0600. The lowest BCUT2D eigenvalue weighted by Crippen LogP contribution is -2.35. The van der Waals surface area contributed by atoms with Crippen LogP contribution in [0.5, 0.6) is 5.75 Å². The standard InChI is InChI=1S/C16H25Br2NO/c1-11(2)6-7-20-15-13(17)8-12(9-14(15)18)10-19-16(3,4)5/h8-9,11,19H,6-7,10H2,1-5H3. The highest BCUT2D eigenvalue weighted by Crippen LogP contribution is 2.35. The average Bonchev–Trinajstić information content (AvgIpc) is 2.29. The van der Waals surface area contributed by atoms with Crippen LogP contribution in [0, 0.1) is 5.92 Å². The second-order valence-electron chi connectivity index (χ2n) is 6.52. The number of rotatable bonds is 6. The van der Waals surface area contributed by atoms with E-state index >= 15 is 0 Å².